The first-order chi connectivity index (χ1) is 9.20. The summed E-state index contributed by atoms with van der Waals surface area (Å²) in [6.07, 6.45) is 8.01. The van der Waals surface area contributed by atoms with Gasteiger partial charge in [0, 0.05) is 51.3 Å². The maximum absolute atomic E-state index is 5.30. The second kappa shape index (κ2) is 6.53. The molecule has 0 spiro atoms. The lowest BCUT2D eigenvalue weighted by Crippen LogP contribution is -2.46. The van der Waals surface area contributed by atoms with Gasteiger partial charge < -0.3 is 4.90 Å². The van der Waals surface area contributed by atoms with Crippen molar-refractivity contribution in [3.63, 3.8) is 0 Å². The number of piperazine rings is 1. The molecule has 0 atom stereocenters. The monoisotopic (exact) mass is 258 g/mol. The highest BCUT2D eigenvalue weighted by atomic mass is 15.3. The summed E-state index contributed by atoms with van der Waals surface area (Å²) in [5.41, 5.74) is 0. The van der Waals surface area contributed by atoms with E-state index in [-0.39, 0.29) is 0 Å². The molecule has 19 heavy (non-hydrogen) atoms. The fourth-order valence-electron chi connectivity index (χ4n) is 2.24. The van der Waals surface area contributed by atoms with Gasteiger partial charge in [0.05, 0.1) is 0 Å². The van der Waals surface area contributed by atoms with Gasteiger partial charge in [0.2, 0.25) is 0 Å². The molecule has 102 valence electrons. The highest BCUT2D eigenvalue weighted by molar-refractivity contribution is 5.38. The van der Waals surface area contributed by atoms with Crippen LogP contribution in [0.1, 0.15) is 32.0 Å². The van der Waals surface area contributed by atoms with Gasteiger partial charge in [-0.2, -0.15) is 0 Å². The van der Waals surface area contributed by atoms with Crippen molar-refractivity contribution in [1.29, 1.82) is 0 Å². The highest BCUT2D eigenvalue weighted by Crippen LogP contribution is 2.16. The predicted octanol–water partition coefficient (Wildman–Crippen LogP) is 1.75. The lowest BCUT2D eigenvalue weighted by Gasteiger charge is -2.35. The first-order valence-electron chi connectivity index (χ1n) is 6.94. The predicted molar refractivity (Wildman–Crippen MR) is 78.2 cm³/mol. The molecular formula is C15H22N4. The summed E-state index contributed by atoms with van der Waals surface area (Å²) in [4.78, 5) is 13.7. The Kier molecular flexibility index (Phi) is 4.75. The Hall–Kier alpha value is -1.60. The van der Waals surface area contributed by atoms with Gasteiger partial charge in [-0.15, -0.1) is 12.3 Å². The quantitative estimate of drug-likeness (QED) is 0.770. The Morgan fingerprint density at radius 2 is 2.05 bits per heavy atom. The molecule has 1 fully saturated rings. The Morgan fingerprint density at radius 3 is 2.68 bits per heavy atom. The summed E-state index contributed by atoms with van der Waals surface area (Å²) < 4.78 is 0. The smallest absolute Gasteiger partial charge is 0.133 e. The molecule has 0 radical (unpaired) electrons. The molecular weight excluding hydrogens is 236 g/mol. The Morgan fingerprint density at radius 1 is 1.32 bits per heavy atom. The van der Waals surface area contributed by atoms with E-state index in [9.17, 15) is 0 Å². The summed E-state index contributed by atoms with van der Waals surface area (Å²) in [5, 5.41) is 0. The lowest BCUT2D eigenvalue weighted by molar-refractivity contribution is 0.263. The fraction of sp³-hybridized carbons (Fsp3) is 0.600. The fourth-order valence-corrected chi connectivity index (χ4v) is 2.24. The topological polar surface area (TPSA) is 32.3 Å². The van der Waals surface area contributed by atoms with E-state index >= 15 is 0 Å². The number of anilines is 1. The first kappa shape index (κ1) is 13.8. The molecule has 0 bridgehead atoms. The molecule has 2 heterocycles. The number of hydrogen-bond donors (Lipinski definition) is 0. The second-order valence-corrected chi connectivity index (χ2v) is 5.21. The van der Waals surface area contributed by atoms with Gasteiger partial charge in [0.25, 0.3) is 0 Å². The third kappa shape index (κ3) is 3.68. The normalized spacial score (nSPS) is 16.6. The molecule has 0 saturated carbocycles. The molecule has 4 nitrogen and oxygen atoms in total. The Balaban J connectivity index is 1.94. The second-order valence-electron chi connectivity index (χ2n) is 5.21. The van der Waals surface area contributed by atoms with Crippen molar-refractivity contribution in [3.8, 4) is 12.3 Å². The van der Waals surface area contributed by atoms with Crippen molar-refractivity contribution in [2.24, 2.45) is 0 Å². The minimum absolute atomic E-state index is 0.372. The molecule has 4 heteroatoms. The maximum Gasteiger partial charge on any atom is 0.133 e. The van der Waals surface area contributed by atoms with E-state index < -0.39 is 0 Å². The van der Waals surface area contributed by atoms with Crippen molar-refractivity contribution in [1.82, 2.24) is 14.9 Å². The molecule has 0 unspecified atom stereocenters. The number of hydrogen-bond acceptors (Lipinski definition) is 4. The average molecular weight is 258 g/mol. The van der Waals surface area contributed by atoms with Gasteiger partial charge in [-0.05, 0) is 6.07 Å². The first-order valence-corrected chi connectivity index (χ1v) is 6.94. The minimum atomic E-state index is 0.372. The maximum atomic E-state index is 5.30. The minimum Gasteiger partial charge on any atom is -0.354 e. The van der Waals surface area contributed by atoms with Crippen LogP contribution in [0, 0.1) is 12.3 Å². The molecule has 0 amide bonds. The SMILES string of the molecule is C#CCCN1CCN(c2ccnc(C(C)C)n2)CC1. The summed E-state index contributed by atoms with van der Waals surface area (Å²) in [5.74, 6) is 5.05. The van der Waals surface area contributed by atoms with Crippen LogP contribution in [-0.2, 0) is 0 Å². The van der Waals surface area contributed by atoms with Crippen LogP contribution in [0.15, 0.2) is 12.3 Å². The largest absolute Gasteiger partial charge is 0.354 e. The van der Waals surface area contributed by atoms with Crippen LogP contribution < -0.4 is 4.90 Å². The summed E-state index contributed by atoms with van der Waals surface area (Å²) in [7, 11) is 0. The zero-order valence-electron chi connectivity index (χ0n) is 11.8. The standard InChI is InChI=1S/C15H22N4/c1-4-5-8-18-9-11-19(12-10-18)14-6-7-16-15(17-14)13(2)3/h1,6-7,13H,5,8-12H2,2-3H3. The van der Waals surface area contributed by atoms with Crippen LogP contribution in [-0.4, -0.2) is 47.6 Å². The highest BCUT2D eigenvalue weighted by Gasteiger charge is 2.18. The van der Waals surface area contributed by atoms with Crippen LogP contribution in [0.25, 0.3) is 0 Å². The molecule has 2 rings (SSSR count). The van der Waals surface area contributed by atoms with Crippen LogP contribution >= 0.6 is 0 Å². The van der Waals surface area contributed by atoms with Gasteiger partial charge in [-0.1, -0.05) is 13.8 Å². The van der Waals surface area contributed by atoms with Gasteiger partial charge in [-0.25, -0.2) is 9.97 Å². The van der Waals surface area contributed by atoms with E-state index in [0.717, 1.165) is 50.8 Å². The average Bonchev–Trinajstić information content (AvgIpc) is 2.46. The molecule has 1 aliphatic rings. The van der Waals surface area contributed by atoms with Crippen LogP contribution in [0.5, 0.6) is 0 Å². The molecule has 0 N–H and O–H groups in total. The van der Waals surface area contributed by atoms with E-state index in [4.69, 9.17) is 6.42 Å². The van der Waals surface area contributed by atoms with E-state index in [1.54, 1.807) is 0 Å². The van der Waals surface area contributed by atoms with Crippen molar-refractivity contribution >= 4 is 5.82 Å². The summed E-state index contributed by atoms with van der Waals surface area (Å²) in [6, 6.07) is 2.00. The molecule has 0 aromatic carbocycles. The Labute approximate surface area is 115 Å². The third-order valence-electron chi connectivity index (χ3n) is 3.44. The van der Waals surface area contributed by atoms with Crippen molar-refractivity contribution < 1.29 is 0 Å². The van der Waals surface area contributed by atoms with E-state index in [2.05, 4.69) is 39.5 Å². The number of terminal acetylenes is 1. The zero-order chi connectivity index (χ0) is 13.7. The van der Waals surface area contributed by atoms with E-state index in [1.807, 2.05) is 12.3 Å². The van der Waals surface area contributed by atoms with Crippen molar-refractivity contribution in [2.45, 2.75) is 26.2 Å². The number of aromatic nitrogens is 2. The van der Waals surface area contributed by atoms with E-state index in [0.29, 0.717) is 5.92 Å². The molecule has 1 aliphatic heterocycles. The lowest BCUT2D eigenvalue weighted by atomic mass is 10.2. The third-order valence-corrected chi connectivity index (χ3v) is 3.44. The van der Waals surface area contributed by atoms with Crippen LogP contribution in [0.4, 0.5) is 5.82 Å². The van der Waals surface area contributed by atoms with Gasteiger partial charge in [-0.3, -0.25) is 4.90 Å². The zero-order valence-corrected chi connectivity index (χ0v) is 11.8. The van der Waals surface area contributed by atoms with Crippen LogP contribution in [0.3, 0.4) is 0 Å². The molecule has 0 aliphatic carbocycles. The van der Waals surface area contributed by atoms with Crippen molar-refractivity contribution in [2.75, 3.05) is 37.6 Å². The van der Waals surface area contributed by atoms with Crippen molar-refractivity contribution in [3.05, 3.63) is 18.1 Å². The molecule has 1 aromatic rings. The van der Waals surface area contributed by atoms with Gasteiger partial charge in [0.15, 0.2) is 0 Å². The summed E-state index contributed by atoms with van der Waals surface area (Å²) in [6.45, 7) is 9.39. The number of nitrogens with zero attached hydrogens (tertiary/aromatic N) is 4. The number of rotatable bonds is 4. The molecule has 1 saturated heterocycles. The summed E-state index contributed by atoms with van der Waals surface area (Å²) >= 11 is 0. The van der Waals surface area contributed by atoms with Gasteiger partial charge >= 0.3 is 0 Å². The van der Waals surface area contributed by atoms with E-state index in [1.165, 1.54) is 0 Å². The van der Waals surface area contributed by atoms with Crippen LogP contribution in [0.2, 0.25) is 0 Å². The Bertz CT molecular complexity index is 442. The van der Waals surface area contributed by atoms with Gasteiger partial charge in [0.1, 0.15) is 11.6 Å². The molecule has 1 aromatic heterocycles.